The van der Waals surface area contributed by atoms with Crippen molar-refractivity contribution in [2.75, 3.05) is 0 Å². The first-order valence-corrected chi connectivity index (χ1v) is 8.80. The van der Waals surface area contributed by atoms with Crippen molar-refractivity contribution in [2.45, 2.75) is 45.2 Å². The lowest BCUT2D eigenvalue weighted by molar-refractivity contribution is 0.681. The number of hydrogen-bond donors (Lipinski definition) is 1. The van der Waals surface area contributed by atoms with Gasteiger partial charge in [0.2, 0.25) is 0 Å². The third-order valence-electron chi connectivity index (χ3n) is 3.57. The van der Waals surface area contributed by atoms with Crippen LogP contribution in [0.15, 0.2) is 18.2 Å². The maximum atomic E-state index is 6.12. The van der Waals surface area contributed by atoms with Gasteiger partial charge in [-0.1, -0.05) is 43.1 Å². The summed E-state index contributed by atoms with van der Waals surface area (Å²) in [6.45, 7) is 5.29. The second-order valence-electron chi connectivity index (χ2n) is 5.77. The predicted octanol–water partition coefficient (Wildman–Crippen LogP) is 5.49. The Balaban J connectivity index is 1.90. The van der Waals surface area contributed by atoms with E-state index < -0.39 is 0 Å². The first-order chi connectivity index (χ1) is 10.0. The normalized spacial score (nSPS) is 14.9. The molecule has 1 aliphatic carbocycles. The fourth-order valence-corrected chi connectivity index (χ4v) is 3.68. The van der Waals surface area contributed by atoms with E-state index in [1.54, 1.807) is 11.3 Å². The van der Waals surface area contributed by atoms with Gasteiger partial charge < -0.3 is 5.32 Å². The van der Waals surface area contributed by atoms with Crippen LogP contribution in [0.4, 0.5) is 0 Å². The molecule has 1 heterocycles. The predicted molar refractivity (Wildman–Crippen MR) is 91.5 cm³/mol. The molecule has 0 amide bonds. The molecule has 1 aromatic heterocycles. The standard InChI is InChI=1S/C16H18Cl2N2S/c1-9(2)15-14(8-19-11-4-5-11)21-16(20-15)10-3-6-12(17)13(18)7-10/h3,6-7,9,11,19H,4-5,8H2,1-2H3. The number of rotatable bonds is 5. The highest BCUT2D eigenvalue weighted by Crippen LogP contribution is 2.35. The second kappa shape index (κ2) is 6.25. The second-order valence-corrected chi connectivity index (χ2v) is 7.66. The van der Waals surface area contributed by atoms with Crippen LogP contribution in [0.3, 0.4) is 0 Å². The Labute approximate surface area is 139 Å². The quantitative estimate of drug-likeness (QED) is 0.777. The number of hydrogen-bond acceptors (Lipinski definition) is 3. The van der Waals surface area contributed by atoms with E-state index in [0.29, 0.717) is 22.0 Å². The molecule has 0 saturated heterocycles. The van der Waals surface area contributed by atoms with Gasteiger partial charge in [0.25, 0.3) is 0 Å². The molecule has 5 heteroatoms. The van der Waals surface area contributed by atoms with Crippen LogP contribution in [0.5, 0.6) is 0 Å². The molecule has 0 spiro atoms. The fourth-order valence-electron chi connectivity index (χ4n) is 2.22. The average molecular weight is 341 g/mol. The van der Waals surface area contributed by atoms with Gasteiger partial charge in [-0.3, -0.25) is 0 Å². The summed E-state index contributed by atoms with van der Waals surface area (Å²) >= 11 is 13.9. The first kappa shape index (κ1) is 15.3. The summed E-state index contributed by atoms with van der Waals surface area (Å²) in [6.07, 6.45) is 2.60. The maximum Gasteiger partial charge on any atom is 0.123 e. The first-order valence-electron chi connectivity index (χ1n) is 7.23. The Morgan fingerprint density at radius 1 is 1.29 bits per heavy atom. The van der Waals surface area contributed by atoms with Gasteiger partial charge in [-0.05, 0) is 30.9 Å². The van der Waals surface area contributed by atoms with E-state index >= 15 is 0 Å². The molecule has 0 atom stereocenters. The molecule has 0 unspecified atom stereocenters. The smallest absolute Gasteiger partial charge is 0.123 e. The summed E-state index contributed by atoms with van der Waals surface area (Å²) < 4.78 is 0. The molecular weight excluding hydrogens is 323 g/mol. The van der Waals surface area contributed by atoms with E-state index in [1.807, 2.05) is 18.2 Å². The third kappa shape index (κ3) is 3.59. The molecular formula is C16H18Cl2N2S. The molecule has 0 radical (unpaired) electrons. The van der Waals surface area contributed by atoms with Crippen LogP contribution in [0.1, 0.15) is 43.2 Å². The van der Waals surface area contributed by atoms with Gasteiger partial charge in [0.15, 0.2) is 0 Å². The lowest BCUT2D eigenvalue weighted by atomic mass is 10.1. The van der Waals surface area contributed by atoms with Crippen molar-refractivity contribution in [3.8, 4) is 10.6 Å². The maximum absolute atomic E-state index is 6.12. The molecule has 2 aromatic rings. The average Bonchev–Trinajstić information content (AvgIpc) is 3.17. The van der Waals surface area contributed by atoms with Crippen LogP contribution >= 0.6 is 34.5 Å². The zero-order valence-corrected chi connectivity index (χ0v) is 14.4. The van der Waals surface area contributed by atoms with Crippen LogP contribution in [0, 0.1) is 0 Å². The minimum Gasteiger partial charge on any atom is -0.309 e. The van der Waals surface area contributed by atoms with E-state index in [4.69, 9.17) is 28.2 Å². The topological polar surface area (TPSA) is 24.9 Å². The Morgan fingerprint density at radius 2 is 2.05 bits per heavy atom. The van der Waals surface area contributed by atoms with Crippen LogP contribution < -0.4 is 5.32 Å². The Morgan fingerprint density at radius 3 is 2.67 bits per heavy atom. The molecule has 1 saturated carbocycles. The highest BCUT2D eigenvalue weighted by molar-refractivity contribution is 7.15. The largest absolute Gasteiger partial charge is 0.309 e. The number of aromatic nitrogens is 1. The molecule has 21 heavy (non-hydrogen) atoms. The van der Waals surface area contributed by atoms with Gasteiger partial charge in [-0.2, -0.15) is 0 Å². The zero-order valence-electron chi connectivity index (χ0n) is 12.1. The Bertz CT molecular complexity index is 648. The molecule has 1 N–H and O–H groups in total. The van der Waals surface area contributed by atoms with Gasteiger partial charge in [-0.15, -0.1) is 11.3 Å². The summed E-state index contributed by atoms with van der Waals surface area (Å²) in [5.74, 6) is 0.425. The number of halogens is 2. The molecule has 3 rings (SSSR count). The summed E-state index contributed by atoms with van der Waals surface area (Å²) in [6, 6.07) is 6.42. The van der Waals surface area contributed by atoms with E-state index in [2.05, 4.69) is 19.2 Å². The van der Waals surface area contributed by atoms with Crippen LogP contribution in [-0.2, 0) is 6.54 Å². The number of benzene rings is 1. The van der Waals surface area contributed by atoms with Gasteiger partial charge in [0.1, 0.15) is 5.01 Å². The molecule has 2 nitrogen and oxygen atoms in total. The van der Waals surface area contributed by atoms with E-state index in [0.717, 1.165) is 17.1 Å². The van der Waals surface area contributed by atoms with Crippen molar-refractivity contribution in [3.63, 3.8) is 0 Å². The van der Waals surface area contributed by atoms with Crippen molar-refractivity contribution < 1.29 is 0 Å². The summed E-state index contributed by atoms with van der Waals surface area (Å²) in [5, 5.41) is 5.75. The van der Waals surface area contributed by atoms with Crippen molar-refractivity contribution in [3.05, 3.63) is 38.8 Å². The van der Waals surface area contributed by atoms with Gasteiger partial charge in [-0.25, -0.2) is 4.98 Å². The minimum atomic E-state index is 0.425. The molecule has 0 bridgehead atoms. The van der Waals surface area contributed by atoms with Crippen molar-refractivity contribution in [1.29, 1.82) is 0 Å². The summed E-state index contributed by atoms with van der Waals surface area (Å²) in [5.41, 5.74) is 2.23. The fraction of sp³-hybridized carbons (Fsp3) is 0.438. The lowest BCUT2D eigenvalue weighted by Crippen LogP contribution is -2.15. The van der Waals surface area contributed by atoms with Crippen molar-refractivity contribution >= 4 is 34.5 Å². The minimum absolute atomic E-state index is 0.425. The monoisotopic (exact) mass is 340 g/mol. The summed E-state index contributed by atoms with van der Waals surface area (Å²) in [7, 11) is 0. The van der Waals surface area contributed by atoms with E-state index in [9.17, 15) is 0 Å². The van der Waals surface area contributed by atoms with Gasteiger partial charge in [0, 0.05) is 23.0 Å². The number of thiazole rings is 1. The van der Waals surface area contributed by atoms with E-state index in [-0.39, 0.29) is 0 Å². The molecule has 1 aliphatic rings. The SMILES string of the molecule is CC(C)c1nc(-c2ccc(Cl)c(Cl)c2)sc1CNC1CC1. The summed E-state index contributed by atoms with van der Waals surface area (Å²) in [4.78, 5) is 6.16. The van der Waals surface area contributed by atoms with Crippen LogP contribution in [-0.4, -0.2) is 11.0 Å². The van der Waals surface area contributed by atoms with Crippen LogP contribution in [0.25, 0.3) is 10.6 Å². The lowest BCUT2D eigenvalue weighted by Gasteiger charge is -2.05. The van der Waals surface area contributed by atoms with Gasteiger partial charge >= 0.3 is 0 Å². The highest BCUT2D eigenvalue weighted by Gasteiger charge is 2.22. The molecule has 0 aliphatic heterocycles. The van der Waals surface area contributed by atoms with Gasteiger partial charge in [0.05, 0.1) is 15.7 Å². The zero-order chi connectivity index (χ0) is 15.0. The molecule has 1 aromatic carbocycles. The molecule has 1 fully saturated rings. The van der Waals surface area contributed by atoms with Crippen LogP contribution in [0.2, 0.25) is 10.0 Å². The number of nitrogens with one attached hydrogen (secondary N) is 1. The van der Waals surface area contributed by atoms with Crippen molar-refractivity contribution in [2.24, 2.45) is 0 Å². The third-order valence-corrected chi connectivity index (χ3v) is 5.43. The molecule has 112 valence electrons. The van der Waals surface area contributed by atoms with Crippen molar-refractivity contribution in [1.82, 2.24) is 10.3 Å². The Kier molecular flexibility index (Phi) is 4.55. The number of nitrogens with zero attached hydrogens (tertiary/aromatic N) is 1. The van der Waals surface area contributed by atoms with E-state index in [1.165, 1.54) is 23.4 Å². The highest BCUT2D eigenvalue weighted by atomic mass is 35.5. The Hall–Kier alpha value is -0.610.